The van der Waals surface area contributed by atoms with Crippen LogP contribution in [0.3, 0.4) is 0 Å². The number of carbonyl (C=O) groups is 1. The fraction of sp³-hybridized carbons (Fsp3) is 0.650. The number of hydrogen-bond donors (Lipinski definition) is 2. The van der Waals surface area contributed by atoms with Gasteiger partial charge in [-0.05, 0) is 56.6 Å². The van der Waals surface area contributed by atoms with Crippen molar-refractivity contribution in [1.82, 2.24) is 10.2 Å². The second-order valence-electron chi connectivity index (χ2n) is 7.09. The van der Waals surface area contributed by atoms with Crippen LogP contribution >= 0.6 is 0 Å². The predicted octanol–water partition coefficient (Wildman–Crippen LogP) is 3.48. The lowest BCUT2D eigenvalue weighted by Crippen LogP contribution is -2.45. The summed E-state index contributed by atoms with van der Waals surface area (Å²) in [4.78, 5) is 14.3. The summed E-state index contributed by atoms with van der Waals surface area (Å²) in [6, 6.07) is 6.30. The van der Waals surface area contributed by atoms with Crippen LogP contribution in [-0.4, -0.2) is 42.3 Å². The molecule has 0 bridgehead atoms. The largest absolute Gasteiger partial charge is 0.493 e. The van der Waals surface area contributed by atoms with E-state index in [1.807, 2.05) is 37.1 Å². The number of hydrogen-bond acceptors (Lipinski definition) is 3. The van der Waals surface area contributed by atoms with Crippen LogP contribution in [0.15, 0.2) is 18.2 Å². The molecule has 5 nitrogen and oxygen atoms in total. The molecule has 2 rings (SSSR count). The van der Waals surface area contributed by atoms with Crippen molar-refractivity contribution in [2.45, 2.75) is 58.5 Å². The minimum absolute atomic E-state index is 0.0468. The Kier molecular flexibility index (Phi) is 7.56. The highest BCUT2D eigenvalue weighted by molar-refractivity contribution is 5.74. The molecule has 0 radical (unpaired) electrons. The molecule has 0 saturated heterocycles. The number of urea groups is 1. The Bertz CT molecular complexity index is 554. The third kappa shape index (κ3) is 5.63. The van der Waals surface area contributed by atoms with Crippen LogP contribution in [0.4, 0.5) is 4.79 Å². The Hall–Kier alpha value is -1.75. The average Bonchev–Trinajstić information content (AvgIpc) is 2.64. The van der Waals surface area contributed by atoms with E-state index < -0.39 is 0 Å². The Morgan fingerprint density at radius 1 is 1.32 bits per heavy atom. The summed E-state index contributed by atoms with van der Waals surface area (Å²) in [6.07, 6.45) is 4.87. The number of aliphatic hydroxyl groups excluding tert-OH is 1. The van der Waals surface area contributed by atoms with Crippen molar-refractivity contribution in [3.63, 3.8) is 0 Å². The molecule has 0 heterocycles. The second-order valence-corrected chi connectivity index (χ2v) is 7.09. The fourth-order valence-corrected chi connectivity index (χ4v) is 3.33. The molecular weight excluding hydrogens is 316 g/mol. The standard InChI is InChI=1S/C20H32N2O3/c1-4-11-25-19-12-15(2)5-8-17(19)13-21-20(24)22(3)18-9-6-16(14-23)7-10-18/h5,8,12,16,18,23H,4,6-7,9-11,13-14H2,1-3H3,(H,21,24). The maximum absolute atomic E-state index is 12.5. The number of rotatable bonds is 7. The molecule has 0 aromatic heterocycles. The summed E-state index contributed by atoms with van der Waals surface area (Å²) in [5, 5.41) is 12.3. The molecule has 5 heteroatoms. The van der Waals surface area contributed by atoms with Crippen LogP contribution in [0.1, 0.15) is 50.2 Å². The van der Waals surface area contributed by atoms with Crippen molar-refractivity contribution in [1.29, 1.82) is 0 Å². The molecular formula is C20H32N2O3. The summed E-state index contributed by atoms with van der Waals surface area (Å²) < 4.78 is 5.81. The molecule has 0 spiro atoms. The normalized spacial score (nSPS) is 20.2. The van der Waals surface area contributed by atoms with Crippen molar-refractivity contribution < 1.29 is 14.6 Å². The molecule has 1 aliphatic rings. The SMILES string of the molecule is CCCOc1cc(C)ccc1CNC(=O)N(C)C1CCC(CO)CC1. The smallest absolute Gasteiger partial charge is 0.317 e. The minimum atomic E-state index is -0.0468. The van der Waals surface area contributed by atoms with E-state index >= 15 is 0 Å². The van der Waals surface area contributed by atoms with E-state index in [9.17, 15) is 9.90 Å². The predicted molar refractivity (Wildman–Crippen MR) is 99.8 cm³/mol. The number of carbonyl (C=O) groups excluding carboxylic acids is 1. The zero-order chi connectivity index (χ0) is 18.2. The first kappa shape index (κ1) is 19.6. The molecule has 0 aliphatic heterocycles. The molecule has 1 aromatic carbocycles. The molecule has 1 aliphatic carbocycles. The van der Waals surface area contributed by atoms with Gasteiger partial charge in [-0.25, -0.2) is 4.79 Å². The van der Waals surface area contributed by atoms with Crippen molar-refractivity contribution in [3.05, 3.63) is 29.3 Å². The molecule has 1 aromatic rings. The van der Waals surface area contributed by atoms with Crippen LogP contribution < -0.4 is 10.1 Å². The third-order valence-corrected chi connectivity index (χ3v) is 5.06. The van der Waals surface area contributed by atoms with Gasteiger partial charge in [0.2, 0.25) is 0 Å². The van der Waals surface area contributed by atoms with E-state index in [-0.39, 0.29) is 18.7 Å². The van der Waals surface area contributed by atoms with Gasteiger partial charge in [0.25, 0.3) is 0 Å². The van der Waals surface area contributed by atoms with Gasteiger partial charge in [-0.1, -0.05) is 19.1 Å². The molecule has 0 atom stereocenters. The van der Waals surface area contributed by atoms with Crippen LogP contribution in [0.5, 0.6) is 5.75 Å². The number of benzene rings is 1. The number of nitrogens with zero attached hydrogens (tertiary/aromatic N) is 1. The highest BCUT2D eigenvalue weighted by Gasteiger charge is 2.26. The van der Waals surface area contributed by atoms with Crippen molar-refractivity contribution in [2.75, 3.05) is 20.3 Å². The average molecular weight is 348 g/mol. The first-order chi connectivity index (χ1) is 12.0. The number of aryl methyl sites for hydroxylation is 1. The Balaban J connectivity index is 1.89. The number of nitrogens with one attached hydrogen (secondary N) is 1. The monoisotopic (exact) mass is 348 g/mol. The van der Waals surface area contributed by atoms with Gasteiger partial charge in [-0.2, -0.15) is 0 Å². The number of amides is 2. The van der Waals surface area contributed by atoms with Gasteiger partial charge in [-0.3, -0.25) is 0 Å². The highest BCUT2D eigenvalue weighted by Crippen LogP contribution is 2.27. The van der Waals surface area contributed by atoms with Crippen LogP contribution in [0.25, 0.3) is 0 Å². The van der Waals surface area contributed by atoms with Gasteiger partial charge < -0.3 is 20.1 Å². The number of aliphatic hydroxyl groups is 1. The van der Waals surface area contributed by atoms with Crippen LogP contribution in [0, 0.1) is 12.8 Å². The summed E-state index contributed by atoms with van der Waals surface area (Å²) in [5.74, 6) is 1.26. The van der Waals surface area contributed by atoms with Gasteiger partial charge in [0.05, 0.1) is 6.61 Å². The first-order valence-electron chi connectivity index (χ1n) is 9.39. The Labute approximate surface area is 151 Å². The minimum Gasteiger partial charge on any atom is -0.493 e. The van der Waals surface area contributed by atoms with E-state index in [1.165, 1.54) is 0 Å². The van der Waals surface area contributed by atoms with E-state index in [2.05, 4.69) is 12.2 Å². The summed E-state index contributed by atoms with van der Waals surface area (Å²) in [5.41, 5.74) is 2.16. The molecule has 1 fully saturated rings. The van der Waals surface area contributed by atoms with Gasteiger partial charge in [0.1, 0.15) is 5.75 Å². The summed E-state index contributed by atoms with van der Waals surface area (Å²) in [6.45, 7) is 5.53. The fourth-order valence-electron chi connectivity index (χ4n) is 3.33. The Morgan fingerprint density at radius 3 is 2.68 bits per heavy atom. The van der Waals surface area contributed by atoms with Crippen molar-refractivity contribution in [2.24, 2.45) is 5.92 Å². The molecule has 140 valence electrons. The summed E-state index contributed by atoms with van der Waals surface area (Å²) >= 11 is 0. The van der Waals surface area contributed by atoms with Crippen molar-refractivity contribution >= 4 is 6.03 Å². The van der Waals surface area contributed by atoms with Crippen LogP contribution in [0.2, 0.25) is 0 Å². The van der Waals surface area contributed by atoms with E-state index in [0.29, 0.717) is 19.1 Å². The first-order valence-corrected chi connectivity index (χ1v) is 9.39. The van der Waals surface area contributed by atoms with Gasteiger partial charge in [0.15, 0.2) is 0 Å². The van der Waals surface area contributed by atoms with Gasteiger partial charge in [0, 0.05) is 31.8 Å². The summed E-state index contributed by atoms with van der Waals surface area (Å²) in [7, 11) is 1.86. The second kappa shape index (κ2) is 9.66. The molecule has 2 N–H and O–H groups in total. The van der Waals surface area contributed by atoms with Gasteiger partial charge >= 0.3 is 6.03 Å². The number of ether oxygens (including phenoxy) is 1. The topological polar surface area (TPSA) is 61.8 Å². The lowest BCUT2D eigenvalue weighted by atomic mass is 9.86. The third-order valence-electron chi connectivity index (χ3n) is 5.06. The van der Waals surface area contributed by atoms with Crippen LogP contribution in [-0.2, 0) is 6.54 Å². The zero-order valence-corrected chi connectivity index (χ0v) is 15.8. The molecule has 2 amide bonds. The Morgan fingerprint density at radius 2 is 2.04 bits per heavy atom. The lowest BCUT2D eigenvalue weighted by molar-refractivity contribution is 0.134. The van der Waals surface area contributed by atoms with E-state index in [1.54, 1.807) is 0 Å². The van der Waals surface area contributed by atoms with Crippen molar-refractivity contribution in [3.8, 4) is 5.75 Å². The molecule has 0 unspecified atom stereocenters. The lowest BCUT2D eigenvalue weighted by Gasteiger charge is -2.34. The quantitative estimate of drug-likeness (QED) is 0.793. The molecule has 25 heavy (non-hydrogen) atoms. The van der Waals surface area contributed by atoms with E-state index in [4.69, 9.17) is 4.74 Å². The maximum atomic E-state index is 12.5. The highest BCUT2D eigenvalue weighted by atomic mass is 16.5. The maximum Gasteiger partial charge on any atom is 0.317 e. The van der Waals surface area contributed by atoms with Gasteiger partial charge in [-0.15, -0.1) is 0 Å². The zero-order valence-electron chi connectivity index (χ0n) is 15.8. The van der Waals surface area contributed by atoms with E-state index in [0.717, 1.165) is 49.0 Å². The molecule has 1 saturated carbocycles.